The van der Waals surface area contributed by atoms with Crippen molar-refractivity contribution in [2.75, 3.05) is 12.3 Å². The van der Waals surface area contributed by atoms with Crippen molar-refractivity contribution in [3.63, 3.8) is 0 Å². The summed E-state index contributed by atoms with van der Waals surface area (Å²) in [5.74, 6) is -0.191. The lowest BCUT2D eigenvalue weighted by molar-refractivity contribution is 0.408. The predicted molar refractivity (Wildman–Crippen MR) is 91.9 cm³/mol. The largest absolute Gasteiger partial charge is 0.243 e. The Morgan fingerprint density at radius 1 is 0.833 bits per heavy atom. The lowest BCUT2D eigenvalue weighted by Crippen LogP contribution is -2.39. The van der Waals surface area contributed by atoms with E-state index in [2.05, 4.69) is 0 Å². The molecule has 5 nitrogen and oxygen atoms in total. The van der Waals surface area contributed by atoms with E-state index in [9.17, 15) is 16.8 Å². The maximum Gasteiger partial charge on any atom is 0.243 e. The molecule has 128 valence electrons. The van der Waals surface area contributed by atoms with E-state index in [0.717, 1.165) is 0 Å². The molecule has 1 saturated heterocycles. The highest BCUT2D eigenvalue weighted by atomic mass is 32.2. The van der Waals surface area contributed by atoms with Gasteiger partial charge in [-0.2, -0.15) is 4.31 Å². The maximum atomic E-state index is 12.8. The minimum Gasteiger partial charge on any atom is -0.224 e. The van der Waals surface area contributed by atoms with Crippen LogP contribution in [0.3, 0.4) is 0 Å². The quantitative estimate of drug-likeness (QED) is 0.815. The summed E-state index contributed by atoms with van der Waals surface area (Å²) in [5, 5.41) is 0. The summed E-state index contributed by atoms with van der Waals surface area (Å²) in [6.07, 6.45) is 1.22. The average molecular weight is 365 g/mol. The molecule has 0 N–H and O–H groups in total. The van der Waals surface area contributed by atoms with E-state index in [0.29, 0.717) is 19.4 Å². The Kier molecular flexibility index (Phi) is 4.76. The van der Waals surface area contributed by atoms with Gasteiger partial charge in [-0.15, -0.1) is 0 Å². The number of nitrogens with zero attached hydrogens (tertiary/aromatic N) is 1. The highest BCUT2D eigenvalue weighted by Crippen LogP contribution is 2.28. The van der Waals surface area contributed by atoms with Crippen molar-refractivity contribution in [3.05, 3.63) is 60.7 Å². The summed E-state index contributed by atoms with van der Waals surface area (Å²) >= 11 is 0. The van der Waals surface area contributed by atoms with Crippen LogP contribution < -0.4 is 0 Å². The lowest BCUT2D eigenvalue weighted by atomic mass is 10.3. The van der Waals surface area contributed by atoms with Crippen molar-refractivity contribution in [2.24, 2.45) is 0 Å². The van der Waals surface area contributed by atoms with Crippen LogP contribution in [-0.4, -0.2) is 39.5 Å². The molecule has 1 fully saturated rings. The van der Waals surface area contributed by atoms with Gasteiger partial charge in [0.15, 0.2) is 9.84 Å². The van der Waals surface area contributed by atoms with Gasteiger partial charge in [-0.05, 0) is 37.1 Å². The average Bonchev–Trinajstić information content (AvgIpc) is 3.05. The zero-order valence-electron chi connectivity index (χ0n) is 13.1. The Hall–Kier alpha value is -1.70. The van der Waals surface area contributed by atoms with E-state index in [4.69, 9.17) is 0 Å². The third-order valence-electron chi connectivity index (χ3n) is 4.19. The van der Waals surface area contributed by atoms with Gasteiger partial charge in [0.25, 0.3) is 0 Å². The molecule has 0 bridgehead atoms. The van der Waals surface area contributed by atoms with E-state index in [-0.39, 0.29) is 15.5 Å². The molecule has 0 saturated carbocycles. The second kappa shape index (κ2) is 6.66. The first-order valence-electron chi connectivity index (χ1n) is 7.76. The van der Waals surface area contributed by atoms with Gasteiger partial charge in [-0.3, -0.25) is 0 Å². The number of benzene rings is 2. The Balaban J connectivity index is 1.87. The molecule has 3 rings (SSSR count). The van der Waals surface area contributed by atoms with Gasteiger partial charge in [-0.25, -0.2) is 16.8 Å². The molecule has 1 heterocycles. The summed E-state index contributed by atoms with van der Waals surface area (Å²) in [5.41, 5.74) is 0. The molecule has 0 aliphatic carbocycles. The van der Waals surface area contributed by atoms with Gasteiger partial charge in [0.2, 0.25) is 10.0 Å². The molecule has 1 aliphatic rings. The topological polar surface area (TPSA) is 71.5 Å². The number of sulfone groups is 1. The highest BCUT2D eigenvalue weighted by molar-refractivity contribution is 7.91. The smallest absolute Gasteiger partial charge is 0.224 e. The van der Waals surface area contributed by atoms with Gasteiger partial charge in [0, 0.05) is 12.6 Å². The molecule has 1 unspecified atom stereocenters. The molecule has 2 aromatic rings. The van der Waals surface area contributed by atoms with Crippen LogP contribution in [0.15, 0.2) is 70.5 Å². The van der Waals surface area contributed by atoms with Gasteiger partial charge in [0.05, 0.1) is 15.5 Å². The first-order chi connectivity index (χ1) is 11.4. The van der Waals surface area contributed by atoms with Crippen LogP contribution in [-0.2, 0) is 19.9 Å². The van der Waals surface area contributed by atoms with Crippen LogP contribution in [0, 0.1) is 0 Å². The molecule has 1 atom stereocenters. The predicted octanol–water partition coefficient (Wildman–Crippen LogP) is 2.31. The molecular formula is C17H19NO4S2. The third-order valence-corrected chi connectivity index (χ3v) is 7.97. The molecule has 0 spiro atoms. The Morgan fingerprint density at radius 3 is 1.96 bits per heavy atom. The molecular weight excluding hydrogens is 346 g/mol. The van der Waals surface area contributed by atoms with E-state index in [1.807, 2.05) is 0 Å². The third kappa shape index (κ3) is 3.38. The number of hydrogen-bond donors (Lipinski definition) is 0. The fourth-order valence-electron chi connectivity index (χ4n) is 3.00. The molecule has 0 aromatic heterocycles. The summed E-state index contributed by atoms with van der Waals surface area (Å²) in [6.45, 7) is 0.353. The van der Waals surface area contributed by atoms with Crippen molar-refractivity contribution in [3.8, 4) is 0 Å². The van der Waals surface area contributed by atoms with Crippen molar-refractivity contribution in [1.82, 2.24) is 4.31 Å². The summed E-state index contributed by atoms with van der Waals surface area (Å²) < 4.78 is 52.1. The molecule has 24 heavy (non-hydrogen) atoms. The van der Waals surface area contributed by atoms with Crippen molar-refractivity contribution >= 4 is 19.9 Å². The molecule has 0 radical (unpaired) electrons. The zero-order chi connectivity index (χ0) is 17.2. The fraction of sp³-hybridized carbons (Fsp3) is 0.294. The minimum atomic E-state index is -3.67. The van der Waals surface area contributed by atoms with Crippen LogP contribution in [0.1, 0.15) is 12.8 Å². The number of rotatable bonds is 5. The van der Waals surface area contributed by atoms with Crippen LogP contribution in [0.4, 0.5) is 0 Å². The van der Waals surface area contributed by atoms with Crippen LogP contribution in [0.5, 0.6) is 0 Å². The minimum absolute atomic E-state index is 0.191. The van der Waals surface area contributed by atoms with Crippen molar-refractivity contribution in [1.29, 1.82) is 0 Å². The standard InChI is InChI=1S/C17H19NO4S2/c19-23(20,16-9-3-1-4-10-16)14-15-8-7-13-18(15)24(21,22)17-11-5-2-6-12-17/h1-6,9-12,15H,7-8,13-14H2. The lowest BCUT2D eigenvalue weighted by Gasteiger charge is -2.24. The van der Waals surface area contributed by atoms with Gasteiger partial charge in [0.1, 0.15) is 0 Å². The maximum absolute atomic E-state index is 12.8. The number of sulfonamides is 1. The number of hydrogen-bond acceptors (Lipinski definition) is 4. The van der Waals surface area contributed by atoms with E-state index < -0.39 is 25.9 Å². The van der Waals surface area contributed by atoms with Gasteiger partial charge < -0.3 is 0 Å². The van der Waals surface area contributed by atoms with Crippen molar-refractivity contribution in [2.45, 2.75) is 28.7 Å². The van der Waals surface area contributed by atoms with E-state index in [1.165, 1.54) is 16.4 Å². The summed E-state index contributed by atoms with van der Waals surface area (Å²) in [4.78, 5) is 0.433. The first-order valence-corrected chi connectivity index (χ1v) is 10.9. The Bertz CT molecular complexity index is 894. The zero-order valence-corrected chi connectivity index (χ0v) is 14.7. The SMILES string of the molecule is O=S(=O)(CC1CCCN1S(=O)(=O)c1ccccc1)c1ccccc1. The Labute approximate surface area is 142 Å². The molecule has 7 heteroatoms. The second-order valence-corrected chi connectivity index (χ2v) is 9.74. The fourth-order valence-corrected chi connectivity index (χ4v) is 6.42. The van der Waals surface area contributed by atoms with Crippen LogP contribution in [0.2, 0.25) is 0 Å². The summed E-state index contributed by atoms with van der Waals surface area (Å²) in [7, 11) is -7.20. The van der Waals surface area contributed by atoms with Gasteiger partial charge in [-0.1, -0.05) is 36.4 Å². The first kappa shape index (κ1) is 17.1. The van der Waals surface area contributed by atoms with E-state index in [1.54, 1.807) is 48.5 Å². The van der Waals surface area contributed by atoms with Crippen LogP contribution in [0.25, 0.3) is 0 Å². The normalized spacial score (nSPS) is 19.4. The second-order valence-electron chi connectivity index (χ2n) is 5.82. The molecule has 2 aromatic carbocycles. The highest BCUT2D eigenvalue weighted by Gasteiger charge is 2.37. The Morgan fingerprint density at radius 2 is 1.38 bits per heavy atom. The molecule has 1 aliphatic heterocycles. The van der Waals surface area contributed by atoms with Gasteiger partial charge >= 0.3 is 0 Å². The van der Waals surface area contributed by atoms with Crippen LogP contribution >= 0.6 is 0 Å². The van der Waals surface area contributed by atoms with Crippen molar-refractivity contribution < 1.29 is 16.8 Å². The summed E-state index contributed by atoms with van der Waals surface area (Å²) in [6, 6.07) is 15.8. The monoisotopic (exact) mass is 365 g/mol. The van der Waals surface area contributed by atoms with E-state index >= 15 is 0 Å². The molecule has 0 amide bonds.